The van der Waals surface area contributed by atoms with Gasteiger partial charge in [0.25, 0.3) is 5.91 Å². The fourth-order valence-corrected chi connectivity index (χ4v) is 2.15. The van der Waals surface area contributed by atoms with E-state index in [1.807, 2.05) is 42.5 Å². The van der Waals surface area contributed by atoms with E-state index in [0.717, 1.165) is 11.1 Å². The molecule has 0 aliphatic heterocycles. The number of methoxy groups -OCH3 is 1. The van der Waals surface area contributed by atoms with Crippen molar-refractivity contribution in [3.63, 3.8) is 0 Å². The highest BCUT2D eigenvalue weighted by atomic mass is 16.5. The molecule has 2 aromatic carbocycles. The third kappa shape index (κ3) is 3.33. The van der Waals surface area contributed by atoms with Gasteiger partial charge in [0.1, 0.15) is 0 Å². The zero-order valence-corrected chi connectivity index (χ0v) is 12.7. The molecular weight excluding hydrogens is 276 g/mol. The zero-order chi connectivity index (χ0) is 16.0. The predicted molar refractivity (Wildman–Crippen MR) is 85.2 cm³/mol. The second kappa shape index (κ2) is 6.88. The van der Waals surface area contributed by atoms with Crippen molar-refractivity contribution in [1.82, 2.24) is 0 Å². The Morgan fingerprint density at radius 1 is 1.18 bits per heavy atom. The molecule has 0 fully saturated rings. The molecule has 2 aromatic rings. The van der Waals surface area contributed by atoms with Gasteiger partial charge in [0, 0.05) is 12.8 Å². The summed E-state index contributed by atoms with van der Waals surface area (Å²) in [5, 5.41) is 11.5. The molecule has 2 rings (SSSR count). The molecule has 4 nitrogen and oxygen atoms in total. The van der Waals surface area contributed by atoms with Crippen LogP contribution in [0.1, 0.15) is 18.1 Å². The van der Waals surface area contributed by atoms with Gasteiger partial charge in [-0.15, -0.1) is 0 Å². The van der Waals surface area contributed by atoms with E-state index in [9.17, 15) is 4.79 Å². The summed E-state index contributed by atoms with van der Waals surface area (Å²) in [4.78, 5) is 12.6. The number of nitrogens with zero attached hydrogens (tertiary/aromatic N) is 1. The Morgan fingerprint density at radius 3 is 2.36 bits per heavy atom. The van der Waals surface area contributed by atoms with Gasteiger partial charge in [-0.3, -0.25) is 4.79 Å². The fraction of sp³-hybridized carbons (Fsp3) is 0.222. The molecule has 1 amide bonds. The van der Waals surface area contributed by atoms with E-state index >= 15 is 0 Å². The van der Waals surface area contributed by atoms with Crippen molar-refractivity contribution in [2.45, 2.75) is 18.9 Å². The van der Waals surface area contributed by atoms with Gasteiger partial charge in [-0.2, -0.15) is 5.26 Å². The van der Waals surface area contributed by atoms with Gasteiger partial charge in [-0.1, -0.05) is 42.5 Å². The first-order valence-corrected chi connectivity index (χ1v) is 6.98. The van der Waals surface area contributed by atoms with Crippen molar-refractivity contribution >= 4 is 11.6 Å². The van der Waals surface area contributed by atoms with Gasteiger partial charge in [0.05, 0.1) is 12.5 Å². The van der Waals surface area contributed by atoms with Crippen LogP contribution < -0.4 is 5.32 Å². The molecule has 0 aliphatic rings. The van der Waals surface area contributed by atoms with Crippen molar-refractivity contribution < 1.29 is 9.53 Å². The van der Waals surface area contributed by atoms with E-state index < -0.39 is 5.60 Å². The van der Waals surface area contributed by atoms with Crippen molar-refractivity contribution in [3.05, 3.63) is 65.7 Å². The summed E-state index contributed by atoms with van der Waals surface area (Å²) in [7, 11) is 1.52. The number of anilines is 1. The van der Waals surface area contributed by atoms with Gasteiger partial charge in [-0.05, 0) is 30.2 Å². The molecule has 0 saturated heterocycles. The SMILES string of the molecule is CO[C@](C)(C(=O)Nc1ccc(CC#N)cc1)c1ccccc1. The average molecular weight is 294 g/mol. The van der Waals surface area contributed by atoms with Crippen LogP contribution in [0.25, 0.3) is 0 Å². The molecule has 1 atom stereocenters. The predicted octanol–water partition coefficient (Wildman–Crippen LogP) is 3.25. The quantitative estimate of drug-likeness (QED) is 0.920. The van der Waals surface area contributed by atoms with Crippen molar-refractivity contribution in [2.24, 2.45) is 0 Å². The molecule has 112 valence electrons. The molecule has 0 aliphatic carbocycles. The Balaban J connectivity index is 2.18. The summed E-state index contributed by atoms with van der Waals surface area (Å²) in [5.74, 6) is -0.241. The first-order valence-electron chi connectivity index (χ1n) is 6.98. The standard InChI is InChI=1S/C18H18N2O2/c1-18(22-2,15-6-4-3-5-7-15)17(21)20-16-10-8-14(9-11-16)12-13-19/h3-11H,12H2,1-2H3,(H,20,21)/t18-/m0/s1. The van der Waals surface area contributed by atoms with Crippen LogP contribution in [0.5, 0.6) is 0 Å². The smallest absolute Gasteiger partial charge is 0.260 e. The third-order valence-corrected chi connectivity index (χ3v) is 3.66. The maximum Gasteiger partial charge on any atom is 0.260 e. The lowest BCUT2D eigenvalue weighted by molar-refractivity contribution is -0.136. The number of hydrogen-bond donors (Lipinski definition) is 1. The second-order valence-electron chi connectivity index (χ2n) is 5.09. The van der Waals surface area contributed by atoms with E-state index in [4.69, 9.17) is 10.00 Å². The minimum Gasteiger partial charge on any atom is -0.364 e. The van der Waals surface area contributed by atoms with E-state index in [1.54, 1.807) is 19.1 Å². The first kappa shape index (κ1) is 15.7. The molecule has 0 heterocycles. The molecule has 22 heavy (non-hydrogen) atoms. The normalized spacial score (nSPS) is 13.0. The van der Waals surface area contributed by atoms with Crippen molar-refractivity contribution in [3.8, 4) is 6.07 Å². The van der Waals surface area contributed by atoms with E-state index in [2.05, 4.69) is 11.4 Å². The Hall–Kier alpha value is -2.64. The first-order chi connectivity index (χ1) is 10.6. The molecule has 0 spiro atoms. The molecular formula is C18H18N2O2. The second-order valence-corrected chi connectivity index (χ2v) is 5.09. The van der Waals surface area contributed by atoms with Gasteiger partial charge >= 0.3 is 0 Å². The third-order valence-electron chi connectivity index (χ3n) is 3.66. The molecule has 0 bridgehead atoms. The minimum absolute atomic E-state index is 0.241. The number of amides is 1. The van der Waals surface area contributed by atoms with Crippen LogP contribution in [0.3, 0.4) is 0 Å². The van der Waals surface area contributed by atoms with Crippen LogP contribution in [-0.2, 0) is 21.6 Å². The molecule has 4 heteroatoms. The van der Waals surface area contributed by atoms with Gasteiger partial charge in [0.15, 0.2) is 5.60 Å². The van der Waals surface area contributed by atoms with Crippen LogP contribution in [0.2, 0.25) is 0 Å². The topological polar surface area (TPSA) is 62.1 Å². The number of nitrogens with one attached hydrogen (secondary N) is 1. The van der Waals surface area contributed by atoms with Gasteiger partial charge in [-0.25, -0.2) is 0 Å². The van der Waals surface area contributed by atoms with E-state index in [1.165, 1.54) is 7.11 Å². The van der Waals surface area contributed by atoms with Crippen LogP contribution in [0, 0.1) is 11.3 Å². The van der Waals surface area contributed by atoms with Gasteiger partial charge in [0.2, 0.25) is 0 Å². The lowest BCUT2D eigenvalue weighted by Crippen LogP contribution is -2.39. The Kier molecular flexibility index (Phi) is 4.92. The van der Waals surface area contributed by atoms with Crippen LogP contribution in [-0.4, -0.2) is 13.0 Å². The highest BCUT2D eigenvalue weighted by Gasteiger charge is 2.35. The number of ether oxygens (including phenoxy) is 1. The fourth-order valence-electron chi connectivity index (χ4n) is 2.15. The Labute approximate surface area is 130 Å². The van der Waals surface area contributed by atoms with Crippen LogP contribution in [0.4, 0.5) is 5.69 Å². The number of hydrogen-bond acceptors (Lipinski definition) is 3. The van der Waals surface area contributed by atoms with Crippen LogP contribution >= 0.6 is 0 Å². The minimum atomic E-state index is -1.06. The summed E-state index contributed by atoms with van der Waals surface area (Å²) in [6, 6.07) is 18.7. The summed E-state index contributed by atoms with van der Waals surface area (Å²) >= 11 is 0. The Bertz CT molecular complexity index is 674. The molecule has 0 unspecified atom stereocenters. The summed E-state index contributed by atoms with van der Waals surface area (Å²) in [6.45, 7) is 1.74. The molecule has 1 N–H and O–H groups in total. The number of benzene rings is 2. The largest absolute Gasteiger partial charge is 0.364 e. The summed E-state index contributed by atoms with van der Waals surface area (Å²) in [5.41, 5.74) is 1.31. The number of nitriles is 1. The van der Waals surface area contributed by atoms with E-state index in [-0.39, 0.29) is 5.91 Å². The highest BCUT2D eigenvalue weighted by molar-refractivity contribution is 5.97. The average Bonchev–Trinajstić information content (AvgIpc) is 2.57. The summed E-state index contributed by atoms with van der Waals surface area (Å²) < 4.78 is 5.47. The number of carbonyl (C=O) groups is 1. The molecule has 0 saturated carbocycles. The molecule has 0 aromatic heterocycles. The number of carbonyl (C=O) groups excluding carboxylic acids is 1. The van der Waals surface area contributed by atoms with Gasteiger partial charge < -0.3 is 10.1 Å². The maximum atomic E-state index is 12.6. The lowest BCUT2D eigenvalue weighted by atomic mass is 9.94. The monoisotopic (exact) mass is 294 g/mol. The summed E-state index contributed by atoms with van der Waals surface area (Å²) in [6.07, 6.45) is 0.355. The van der Waals surface area contributed by atoms with Crippen molar-refractivity contribution in [2.75, 3.05) is 12.4 Å². The van der Waals surface area contributed by atoms with E-state index in [0.29, 0.717) is 12.1 Å². The highest BCUT2D eigenvalue weighted by Crippen LogP contribution is 2.26. The molecule has 0 radical (unpaired) electrons. The Morgan fingerprint density at radius 2 is 1.82 bits per heavy atom. The van der Waals surface area contributed by atoms with Crippen LogP contribution in [0.15, 0.2) is 54.6 Å². The maximum absolute atomic E-state index is 12.6. The van der Waals surface area contributed by atoms with Crippen molar-refractivity contribution in [1.29, 1.82) is 5.26 Å². The lowest BCUT2D eigenvalue weighted by Gasteiger charge is -2.27. The zero-order valence-electron chi connectivity index (χ0n) is 12.7. The number of rotatable bonds is 5.